The van der Waals surface area contributed by atoms with E-state index in [4.69, 9.17) is 21.1 Å². The Morgan fingerprint density at radius 3 is 2.38 bits per heavy atom. The maximum atomic E-state index is 6.24. The van der Waals surface area contributed by atoms with Gasteiger partial charge < -0.3 is 14.8 Å². The molecule has 2 rings (SSSR count). The maximum Gasteiger partial charge on any atom is 0.162 e. The van der Waals surface area contributed by atoms with Gasteiger partial charge in [0.1, 0.15) is 6.61 Å². The van der Waals surface area contributed by atoms with Gasteiger partial charge in [-0.05, 0) is 43.7 Å². The van der Waals surface area contributed by atoms with Crippen molar-refractivity contribution >= 4 is 27.5 Å². The molecule has 0 unspecified atom stereocenters. The molecule has 3 nitrogen and oxygen atoms in total. The number of hydrogen-bond acceptors (Lipinski definition) is 3. The van der Waals surface area contributed by atoms with Crippen LogP contribution in [0.15, 0.2) is 40.9 Å². The molecule has 2 aromatic carbocycles. The van der Waals surface area contributed by atoms with E-state index in [0.717, 1.165) is 34.6 Å². The molecular formula is C24H33BrClNO2. The molecule has 0 radical (unpaired) electrons. The fourth-order valence-corrected chi connectivity index (χ4v) is 3.77. The number of hydrogen-bond donors (Lipinski definition) is 1. The van der Waals surface area contributed by atoms with E-state index in [9.17, 15) is 0 Å². The molecular weight excluding hydrogens is 450 g/mol. The molecule has 0 aliphatic rings. The van der Waals surface area contributed by atoms with Gasteiger partial charge in [-0.1, -0.05) is 84.8 Å². The van der Waals surface area contributed by atoms with Crippen molar-refractivity contribution in [3.05, 3.63) is 57.0 Å². The normalized spacial score (nSPS) is 10.9. The second-order valence-corrected chi connectivity index (χ2v) is 8.41. The van der Waals surface area contributed by atoms with Gasteiger partial charge in [0.25, 0.3) is 0 Å². The monoisotopic (exact) mass is 481 g/mol. The van der Waals surface area contributed by atoms with E-state index in [2.05, 4.69) is 34.2 Å². The molecule has 1 N–H and O–H groups in total. The molecule has 0 spiro atoms. The summed E-state index contributed by atoms with van der Waals surface area (Å²) >= 11 is 9.92. The number of ether oxygens (including phenoxy) is 2. The summed E-state index contributed by atoms with van der Waals surface area (Å²) in [6.45, 7) is 7.07. The molecule has 0 saturated carbocycles. The summed E-state index contributed by atoms with van der Waals surface area (Å²) < 4.78 is 12.9. The lowest BCUT2D eigenvalue weighted by Crippen LogP contribution is -2.15. The van der Waals surface area contributed by atoms with Crippen molar-refractivity contribution in [2.75, 3.05) is 13.2 Å². The van der Waals surface area contributed by atoms with Crippen LogP contribution in [0.2, 0.25) is 5.02 Å². The van der Waals surface area contributed by atoms with Crippen LogP contribution in [0, 0.1) is 0 Å². The standard InChI is InChI=1S/C24H33BrClNO2/c1-3-5-6-7-8-11-14-27-17-20-15-23(28-4-2)24(16-21(20)25)29-18-19-12-9-10-13-22(19)26/h9-10,12-13,15-16,27H,3-8,11,14,17-18H2,1-2H3. The van der Waals surface area contributed by atoms with Crippen molar-refractivity contribution in [3.8, 4) is 11.5 Å². The first-order chi connectivity index (χ1) is 14.2. The Kier molecular flexibility index (Phi) is 11.5. The Morgan fingerprint density at radius 2 is 1.62 bits per heavy atom. The fourth-order valence-electron chi connectivity index (χ4n) is 3.12. The molecule has 0 bridgehead atoms. The van der Waals surface area contributed by atoms with Gasteiger partial charge in [-0.2, -0.15) is 0 Å². The highest BCUT2D eigenvalue weighted by Gasteiger charge is 2.12. The predicted molar refractivity (Wildman–Crippen MR) is 126 cm³/mol. The van der Waals surface area contributed by atoms with E-state index in [0.29, 0.717) is 18.2 Å². The number of benzene rings is 2. The Hall–Kier alpha value is -1.23. The van der Waals surface area contributed by atoms with Crippen molar-refractivity contribution < 1.29 is 9.47 Å². The van der Waals surface area contributed by atoms with Gasteiger partial charge in [-0.25, -0.2) is 0 Å². The smallest absolute Gasteiger partial charge is 0.162 e. The first-order valence-corrected chi connectivity index (χ1v) is 11.8. The number of nitrogens with one attached hydrogen (secondary N) is 1. The molecule has 0 atom stereocenters. The van der Waals surface area contributed by atoms with Gasteiger partial charge in [0.15, 0.2) is 11.5 Å². The van der Waals surface area contributed by atoms with Crippen LogP contribution in [0.3, 0.4) is 0 Å². The van der Waals surface area contributed by atoms with E-state index in [-0.39, 0.29) is 0 Å². The summed E-state index contributed by atoms with van der Waals surface area (Å²) in [7, 11) is 0. The van der Waals surface area contributed by atoms with Crippen molar-refractivity contribution in [2.24, 2.45) is 0 Å². The molecule has 0 heterocycles. The van der Waals surface area contributed by atoms with E-state index in [1.807, 2.05) is 37.3 Å². The number of halogens is 2. The molecule has 160 valence electrons. The first-order valence-electron chi connectivity index (χ1n) is 10.7. The summed E-state index contributed by atoms with van der Waals surface area (Å²) in [5.74, 6) is 1.48. The van der Waals surface area contributed by atoms with Crippen molar-refractivity contribution in [2.45, 2.75) is 65.5 Å². The maximum absolute atomic E-state index is 6.24. The Labute approximate surface area is 189 Å². The molecule has 0 aliphatic heterocycles. The zero-order valence-corrected chi connectivity index (χ0v) is 19.9. The molecule has 0 amide bonds. The van der Waals surface area contributed by atoms with Crippen LogP contribution in [0.5, 0.6) is 11.5 Å². The average Bonchev–Trinajstić information content (AvgIpc) is 2.72. The van der Waals surface area contributed by atoms with Crippen LogP contribution in [0.4, 0.5) is 0 Å². The molecule has 0 aromatic heterocycles. The SMILES string of the molecule is CCCCCCCCNCc1cc(OCC)c(OCc2ccccc2Cl)cc1Br. The van der Waals surface area contributed by atoms with Crippen LogP contribution in [-0.2, 0) is 13.2 Å². The lowest BCUT2D eigenvalue weighted by molar-refractivity contribution is 0.269. The third-order valence-corrected chi connectivity index (χ3v) is 5.88. The molecule has 0 aliphatic carbocycles. The lowest BCUT2D eigenvalue weighted by Gasteiger charge is -2.16. The van der Waals surface area contributed by atoms with Crippen LogP contribution in [-0.4, -0.2) is 13.2 Å². The van der Waals surface area contributed by atoms with E-state index in [1.165, 1.54) is 44.1 Å². The Balaban J connectivity index is 1.90. The minimum absolute atomic E-state index is 0.405. The highest BCUT2D eigenvalue weighted by atomic mass is 79.9. The fraction of sp³-hybridized carbons (Fsp3) is 0.500. The van der Waals surface area contributed by atoms with Gasteiger partial charge in [-0.3, -0.25) is 0 Å². The largest absolute Gasteiger partial charge is 0.490 e. The summed E-state index contributed by atoms with van der Waals surface area (Å²) in [5, 5.41) is 4.25. The Morgan fingerprint density at radius 1 is 0.897 bits per heavy atom. The van der Waals surface area contributed by atoms with E-state index < -0.39 is 0 Å². The van der Waals surface area contributed by atoms with Gasteiger partial charge in [0, 0.05) is 21.6 Å². The van der Waals surface area contributed by atoms with Crippen LogP contribution in [0.25, 0.3) is 0 Å². The van der Waals surface area contributed by atoms with Crippen molar-refractivity contribution in [1.82, 2.24) is 5.32 Å². The molecule has 2 aromatic rings. The second kappa shape index (κ2) is 13.9. The molecule has 5 heteroatoms. The minimum Gasteiger partial charge on any atom is -0.490 e. The molecule has 0 saturated heterocycles. The van der Waals surface area contributed by atoms with Crippen LogP contribution in [0.1, 0.15) is 63.5 Å². The molecule has 0 fully saturated rings. The van der Waals surface area contributed by atoms with Crippen molar-refractivity contribution in [3.63, 3.8) is 0 Å². The third kappa shape index (κ3) is 8.57. The van der Waals surface area contributed by atoms with Crippen LogP contribution < -0.4 is 14.8 Å². The first kappa shape index (κ1) is 24.0. The van der Waals surface area contributed by atoms with Gasteiger partial charge in [-0.15, -0.1) is 0 Å². The van der Waals surface area contributed by atoms with Crippen LogP contribution >= 0.6 is 27.5 Å². The zero-order chi connectivity index (χ0) is 20.9. The van der Waals surface area contributed by atoms with E-state index >= 15 is 0 Å². The predicted octanol–water partition coefficient (Wildman–Crippen LogP) is 7.53. The molecule has 29 heavy (non-hydrogen) atoms. The van der Waals surface area contributed by atoms with Gasteiger partial charge in [0.05, 0.1) is 6.61 Å². The van der Waals surface area contributed by atoms with E-state index in [1.54, 1.807) is 0 Å². The minimum atomic E-state index is 0.405. The highest BCUT2D eigenvalue weighted by molar-refractivity contribution is 9.10. The zero-order valence-electron chi connectivity index (χ0n) is 17.6. The topological polar surface area (TPSA) is 30.5 Å². The average molecular weight is 483 g/mol. The second-order valence-electron chi connectivity index (χ2n) is 7.15. The quantitative estimate of drug-likeness (QED) is 0.282. The lowest BCUT2D eigenvalue weighted by atomic mass is 10.1. The highest BCUT2D eigenvalue weighted by Crippen LogP contribution is 2.34. The van der Waals surface area contributed by atoms with Crippen molar-refractivity contribution in [1.29, 1.82) is 0 Å². The summed E-state index contributed by atoms with van der Waals surface area (Å²) in [6, 6.07) is 11.8. The summed E-state index contributed by atoms with van der Waals surface area (Å²) in [4.78, 5) is 0. The third-order valence-electron chi connectivity index (χ3n) is 4.78. The summed E-state index contributed by atoms with van der Waals surface area (Å²) in [5.41, 5.74) is 2.13. The Bertz CT molecular complexity index is 739. The van der Waals surface area contributed by atoms with Gasteiger partial charge >= 0.3 is 0 Å². The van der Waals surface area contributed by atoms with Gasteiger partial charge in [0.2, 0.25) is 0 Å². The summed E-state index contributed by atoms with van der Waals surface area (Å²) in [6.07, 6.45) is 7.87. The number of unbranched alkanes of at least 4 members (excludes halogenated alkanes) is 5. The number of rotatable bonds is 14.